The summed E-state index contributed by atoms with van der Waals surface area (Å²) in [7, 11) is 0. The van der Waals surface area contributed by atoms with Gasteiger partial charge < -0.3 is 15.5 Å². The lowest BCUT2D eigenvalue weighted by Crippen LogP contribution is -2.55. The lowest BCUT2D eigenvalue weighted by molar-refractivity contribution is -0.139. The standard InChI is InChI=1S/C11H21N3O2.ClH/c1-8(2)10(12)11(16)14-6-4-13(5-7-14)9(3)15;/h8,10H,4-7,12H2,1-3H3;1H/t10-;/m1./s1. The minimum absolute atomic E-state index is 0. The highest BCUT2D eigenvalue weighted by molar-refractivity contribution is 5.85. The molecule has 0 unspecified atom stereocenters. The van der Waals surface area contributed by atoms with Gasteiger partial charge in [0.05, 0.1) is 6.04 Å². The predicted molar refractivity (Wildman–Crippen MR) is 68.9 cm³/mol. The van der Waals surface area contributed by atoms with Crippen LogP contribution < -0.4 is 5.73 Å². The minimum Gasteiger partial charge on any atom is -0.339 e. The van der Waals surface area contributed by atoms with Crippen molar-refractivity contribution in [2.24, 2.45) is 11.7 Å². The van der Waals surface area contributed by atoms with Crippen LogP contribution in [0.4, 0.5) is 0 Å². The Labute approximate surface area is 109 Å². The van der Waals surface area contributed by atoms with Gasteiger partial charge in [0.15, 0.2) is 0 Å². The van der Waals surface area contributed by atoms with Crippen molar-refractivity contribution in [1.29, 1.82) is 0 Å². The molecule has 0 aromatic heterocycles. The number of piperazine rings is 1. The molecule has 17 heavy (non-hydrogen) atoms. The second kappa shape index (κ2) is 6.81. The molecule has 0 aromatic carbocycles. The summed E-state index contributed by atoms with van der Waals surface area (Å²) in [5, 5.41) is 0. The average Bonchev–Trinajstić information content (AvgIpc) is 2.27. The van der Waals surface area contributed by atoms with E-state index in [0.29, 0.717) is 26.2 Å². The number of hydrogen-bond donors (Lipinski definition) is 1. The first-order valence-corrected chi connectivity index (χ1v) is 5.73. The van der Waals surface area contributed by atoms with Crippen LogP contribution >= 0.6 is 12.4 Å². The summed E-state index contributed by atoms with van der Waals surface area (Å²) in [6.07, 6.45) is 0. The van der Waals surface area contributed by atoms with Crippen molar-refractivity contribution < 1.29 is 9.59 Å². The molecule has 6 heteroatoms. The SMILES string of the molecule is CC(=O)N1CCN(C(=O)[C@H](N)C(C)C)CC1.Cl. The molecule has 1 fully saturated rings. The largest absolute Gasteiger partial charge is 0.339 e. The Bertz CT molecular complexity index is 276. The fourth-order valence-corrected chi connectivity index (χ4v) is 1.74. The number of nitrogens with zero attached hydrogens (tertiary/aromatic N) is 2. The Morgan fingerprint density at radius 3 is 1.82 bits per heavy atom. The minimum atomic E-state index is -0.427. The summed E-state index contributed by atoms with van der Waals surface area (Å²) in [5.74, 6) is 0.219. The number of hydrogen-bond acceptors (Lipinski definition) is 3. The number of carbonyl (C=O) groups is 2. The highest BCUT2D eigenvalue weighted by atomic mass is 35.5. The molecule has 1 atom stereocenters. The van der Waals surface area contributed by atoms with Crippen molar-refractivity contribution in [3.8, 4) is 0 Å². The second-order valence-electron chi connectivity index (χ2n) is 4.60. The number of halogens is 1. The molecule has 100 valence electrons. The maximum absolute atomic E-state index is 11.9. The molecule has 0 aromatic rings. The molecule has 0 spiro atoms. The number of nitrogens with two attached hydrogens (primary N) is 1. The smallest absolute Gasteiger partial charge is 0.239 e. The maximum atomic E-state index is 11.9. The van der Waals surface area contributed by atoms with Gasteiger partial charge in [-0.05, 0) is 5.92 Å². The van der Waals surface area contributed by atoms with Gasteiger partial charge >= 0.3 is 0 Å². The molecule has 2 amide bonds. The molecule has 0 saturated carbocycles. The molecule has 1 rings (SSSR count). The van der Waals surface area contributed by atoms with Crippen LogP contribution in [-0.4, -0.2) is 53.8 Å². The van der Waals surface area contributed by atoms with Gasteiger partial charge in [0.25, 0.3) is 0 Å². The molecule has 1 saturated heterocycles. The van der Waals surface area contributed by atoms with Crippen molar-refractivity contribution in [2.75, 3.05) is 26.2 Å². The van der Waals surface area contributed by atoms with Gasteiger partial charge in [-0.15, -0.1) is 12.4 Å². The van der Waals surface area contributed by atoms with E-state index in [1.165, 1.54) is 0 Å². The van der Waals surface area contributed by atoms with Crippen molar-refractivity contribution in [2.45, 2.75) is 26.8 Å². The molecular weight excluding hydrogens is 242 g/mol. The summed E-state index contributed by atoms with van der Waals surface area (Å²) >= 11 is 0. The van der Waals surface area contributed by atoms with Gasteiger partial charge in [0.2, 0.25) is 11.8 Å². The molecule has 1 aliphatic rings. The van der Waals surface area contributed by atoms with Crippen LogP contribution in [0.1, 0.15) is 20.8 Å². The van der Waals surface area contributed by atoms with Crippen molar-refractivity contribution in [3.05, 3.63) is 0 Å². The summed E-state index contributed by atoms with van der Waals surface area (Å²) in [5.41, 5.74) is 5.81. The lowest BCUT2D eigenvalue weighted by Gasteiger charge is -2.36. The Balaban J connectivity index is 0.00000256. The highest BCUT2D eigenvalue weighted by Gasteiger charge is 2.27. The first-order valence-electron chi connectivity index (χ1n) is 5.73. The number of carbonyl (C=O) groups excluding carboxylic acids is 2. The van der Waals surface area contributed by atoms with Crippen molar-refractivity contribution in [3.63, 3.8) is 0 Å². The van der Waals surface area contributed by atoms with E-state index in [2.05, 4.69) is 0 Å². The van der Waals surface area contributed by atoms with E-state index in [1.807, 2.05) is 13.8 Å². The summed E-state index contributed by atoms with van der Waals surface area (Å²) < 4.78 is 0. The topological polar surface area (TPSA) is 66.6 Å². The molecule has 1 heterocycles. The van der Waals surface area contributed by atoms with E-state index >= 15 is 0 Å². The van der Waals surface area contributed by atoms with Crippen LogP contribution in [0.5, 0.6) is 0 Å². The molecule has 0 radical (unpaired) electrons. The summed E-state index contributed by atoms with van der Waals surface area (Å²) in [6, 6.07) is -0.427. The van der Waals surface area contributed by atoms with Crippen molar-refractivity contribution in [1.82, 2.24) is 9.80 Å². The average molecular weight is 264 g/mol. The third kappa shape index (κ3) is 4.16. The zero-order valence-electron chi connectivity index (χ0n) is 10.7. The van der Waals surface area contributed by atoms with Gasteiger partial charge in [-0.2, -0.15) is 0 Å². The van der Waals surface area contributed by atoms with Gasteiger partial charge in [-0.1, -0.05) is 13.8 Å². The first kappa shape index (κ1) is 16.2. The molecule has 2 N–H and O–H groups in total. The molecule has 0 bridgehead atoms. The number of rotatable bonds is 2. The second-order valence-corrected chi connectivity index (χ2v) is 4.60. The molecule has 5 nitrogen and oxygen atoms in total. The maximum Gasteiger partial charge on any atom is 0.239 e. The van der Waals surface area contributed by atoms with Crippen LogP contribution in [0.25, 0.3) is 0 Å². The Morgan fingerprint density at radius 2 is 1.47 bits per heavy atom. The Kier molecular flexibility index (Phi) is 6.49. The Hall–Kier alpha value is -0.810. The predicted octanol–water partition coefficient (Wildman–Crippen LogP) is 0.0822. The zero-order chi connectivity index (χ0) is 12.3. The normalized spacial score (nSPS) is 17.7. The third-order valence-electron chi connectivity index (χ3n) is 3.04. The van der Waals surface area contributed by atoms with Crippen LogP contribution in [0.3, 0.4) is 0 Å². The van der Waals surface area contributed by atoms with E-state index in [-0.39, 0.29) is 30.1 Å². The van der Waals surface area contributed by atoms with Crippen molar-refractivity contribution >= 4 is 24.2 Å². The lowest BCUT2D eigenvalue weighted by atomic mass is 10.0. The number of amides is 2. The summed E-state index contributed by atoms with van der Waals surface area (Å²) in [4.78, 5) is 26.5. The Morgan fingerprint density at radius 1 is 1.06 bits per heavy atom. The van der Waals surface area contributed by atoms with E-state index in [9.17, 15) is 9.59 Å². The van der Waals surface area contributed by atoms with Gasteiger partial charge in [0, 0.05) is 33.1 Å². The summed E-state index contributed by atoms with van der Waals surface area (Å²) in [6.45, 7) is 7.86. The van der Waals surface area contributed by atoms with E-state index < -0.39 is 6.04 Å². The van der Waals surface area contributed by atoms with Gasteiger partial charge in [-0.25, -0.2) is 0 Å². The van der Waals surface area contributed by atoms with Crippen LogP contribution in [0.15, 0.2) is 0 Å². The first-order chi connectivity index (χ1) is 7.43. The highest BCUT2D eigenvalue weighted by Crippen LogP contribution is 2.07. The van der Waals surface area contributed by atoms with Gasteiger partial charge in [0.1, 0.15) is 0 Å². The third-order valence-corrected chi connectivity index (χ3v) is 3.04. The van der Waals surface area contributed by atoms with Gasteiger partial charge in [-0.3, -0.25) is 9.59 Å². The van der Waals surface area contributed by atoms with E-state index in [4.69, 9.17) is 5.73 Å². The molecule has 0 aliphatic carbocycles. The molecular formula is C11H22ClN3O2. The van der Waals surface area contributed by atoms with E-state index in [1.54, 1.807) is 16.7 Å². The molecule has 1 aliphatic heterocycles. The fourth-order valence-electron chi connectivity index (χ4n) is 1.74. The van der Waals surface area contributed by atoms with Crippen LogP contribution in [0, 0.1) is 5.92 Å². The van der Waals surface area contributed by atoms with Crippen LogP contribution in [-0.2, 0) is 9.59 Å². The van der Waals surface area contributed by atoms with Crippen LogP contribution in [0.2, 0.25) is 0 Å². The van der Waals surface area contributed by atoms with E-state index in [0.717, 1.165) is 0 Å². The fraction of sp³-hybridized carbons (Fsp3) is 0.818. The quantitative estimate of drug-likeness (QED) is 0.767. The monoisotopic (exact) mass is 263 g/mol. The zero-order valence-corrected chi connectivity index (χ0v) is 11.5.